The molecule has 0 spiro atoms. The number of carbonyl (C=O) groups is 1. The van der Waals surface area contributed by atoms with Crippen molar-refractivity contribution in [3.05, 3.63) is 41.2 Å². The molecule has 19 heavy (non-hydrogen) atoms. The summed E-state index contributed by atoms with van der Waals surface area (Å²) in [5, 5.41) is 12.4. The Kier molecular flexibility index (Phi) is 3.24. The highest BCUT2D eigenvalue weighted by atomic mass is 19.2. The minimum absolute atomic E-state index is 0.131. The van der Waals surface area contributed by atoms with Crippen molar-refractivity contribution in [2.45, 2.75) is 13.3 Å². The van der Waals surface area contributed by atoms with Gasteiger partial charge in [-0.25, -0.2) is 27.6 Å². The van der Waals surface area contributed by atoms with Gasteiger partial charge in [0, 0.05) is 18.6 Å². The highest BCUT2D eigenvalue weighted by Crippen LogP contribution is 2.18. The molecule has 1 N–H and O–H groups in total. The van der Waals surface area contributed by atoms with Gasteiger partial charge >= 0.3 is 5.97 Å². The first-order valence-corrected chi connectivity index (χ1v) is 5.28. The van der Waals surface area contributed by atoms with Crippen LogP contribution in [0.1, 0.15) is 23.4 Å². The van der Waals surface area contributed by atoms with Gasteiger partial charge < -0.3 is 5.11 Å². The summed E-state index contributed by atoms with van der Waals surface area (Å²) >= 11 is 0. The van der Waals surface area contributed by atoms with E-state index in [-0.39, 0.29) is 11.5 Å². The lowest BCUT2D eigenvalue weighted by molar-refractivity contribution is 0.0683. The van der Waals surface area contributed by atoms with Crippen molar-refractivity contribution >= 4 is 5.97 Å². The third-order valence-electron chi connectivity index (χ3n) is 2.39. The molecular weight excluding hydrogens is 263 g/mol. The molecule has 0 saturated heterocycles. The Balaban J connectivity index is 2.61. The molecule has 0 atom stereocenters. The van der Waals surface area contributed by atoms with E-state index in [1.54, 1.807) is 6.92 Å². The second-order valence-corrected chi connectivity index (χ2v) is 3.65. The first-order chi connectivity index (χ1) is 8.93. The number of halogens is 3. The number of hydrogen-bond donors (Lipinski definition) is 1. The Morgan fingerprint density at radius 1 is 1.32 bits per heavy atom. The summed E-state index contributed by atoms with van der Waals surface area (Å²) in [6.07, 6.45) is 0.293. The molecule has 0 unspecified atom stereocenters. The third-order valence-corrected chi connectivity index (χ3v) is 2.39. The zero-order chi connectivity index (χ0) is 14.2. The monoisotopic (exact) mass is 271 g/mol. The van der Waals surface area contributed by atoms with Crippen LogP contribution in [0.4, 0.5) is 13.2 Å². The van der Waals surface area contributed by atoms with E-state index in [1.165, 1.54) is 0 Å². The van der Waals surface area contributed by atoms with Gasteiger partial charge in [-0.3, -0.25) is 0 Å². The van der Waals surface area contributed by atoms with Crippen LogP contribution in [-0.2, 0) is 6.42 Å². The van der Waals surface area contributed by atoms with E-state index < -0.39 is 29.2 Å². The summed E-state index contributed by atoms with van der Waals surface area (Å²) in [4.78, 5) is 14.5. The van der Waals surface area contributed by atoms with Crippen molar-refractivity contribution in [2.24, 2.45) is 0 Å². The van der Waals surface area contributed by atoms with Crippen molar-refractivity contribution in [2.75, 3.05) is 0 Å². The lowest BCUT2D eigenvalue weighted by Gasteiger charge is -2.05. The van der Waals surface area contributed by atoms with Crippen molar-refractivity contribution in [1.29, 1.82) is 0 Å². The molecule has 100 valence electrons. The maximum atomic E-state index is 13.1. The van der Waals surface area contributed by atoms with E-state index in [0.717, 1.165) is 16.8 Å². The molecule has 2 rings (SSSR count). The molecule has 1 aromatic heterocycles. The summed E-state index contributed by atoms with van der Waals surface area (Å²) in [5.41, 5.74) is -0.131. The Hall–Kier alpha value is -2.38. The molecule has 0 saturated carbocycles. The third kappa shape index (κ3) is 2.28. The fraction of sp³-hybridized carbons (Fsp3) is 0.182. The van der Waals surface area contributed by atoms with E-state index in [9.17, 15) is 18.0 Å². The first-order valence-electron chi connectivity index (χ1n) is 5.28. The zero-order valence-corrected chi connectivity index (χ0v) is 9.69. The number of nitrogens with zero attached hydrogens (tertiary/aromatic N) is 3. The van der Waals surface area contributed by atoms with Crippen LogP contribution in [0, 0.1) is 17.5 Å². The van der Waals surface area contributed by atoms with Crippen LogP contribution >= 0.6 is 0 Å². The Bertz CT molecular complexity index is 632. The Morgan fingerprint density at radius 2 is 1.89 bits per heavy atom. The maximum absolute atomic E-state index is 13.1. The van der Waals surface area contributed by atoms with Gasteiger partial charge in [0.05, 0.1) is 5.69 Å². The molecular formula is C11H8F3N3O2. The number of aromatic carboxylic acids is 1. The van der Waals surface area contributed by atoms with Gasteiger partial charge in [0.15, 0.2) is 17.5 Å². The number of carboxylic acids is 1. The van der Waals surface area contributed by atoms with Crippen molar-refractivity contribution in [1.82, 2.24) is 14.8 Å². The number of aryl methyl sites for hydroxylation is 1. The summed E-state index contributed by atoms with van der Waals surface area (Å²) in [6, 6.07) is 1.44. The molecule has 2 aromatic rings. The Labute approximate surface area is 105 Å². The van der Waals surface area contributed by atoms with Gasteiger partial charge in [-0.15, -0.1) is 5.10 Å². The van der Waals surface area contributed by atoms with Crippen LogP contribution in [0.5, 0.6) is 0 Å². The molecule has 8 heteroatoms. The second kappa shape index (κ2) is 4.71. The molecule has 0 aliphatic carbocycles. The van der Waals surface area contributed by atoms with Crippen LogP contribution in [0.25, 0.3) is 5.69 Å². The molecule has 1 heterocycles. The highest BCUT2D eigenvalue weighted by Gasteiger charge is 2.18. The second-order valence-electron chi connectivity index (χ2n) is 3.65. The minimum atomic E-state index is -1.60. The summed E-state index contributed by atoms with van der Waals surface area (Å²) in [5.74, 6) is -6.03. The zero-order valence-electron chi connectivity index (χ0n) is 9.69. The number of rotatable bonds is 3. The van der Waals surface area contributed by atoms with Crippen LogP contribution in [0.3, 0.4) is 0 Å². The number of carboxylic acid groups (broad SMARTS) is 1. The van der Waals surface area contributed by atoms with Gasteiger partial charge in [0.1, 0.15) is 5.82 Å². The number of benzene rings is 1. The van der Waals surface area contributed by atoms with E-state index in [2.05, 4.69) is 10.1 Å². The largest absolute Gasteiger partial charge is 0.475 e. The van der Waals surface area contributed by atoms with Crippen LogP contribution in [0.15, 0.2) is 12.1 Å². The van der Waals surface area contributed by atoms with Crippen molar-refractivity contribution in [3.8, 4) is 5.69 Å². The predicted octanol–water partition coefficient (Wildman–Crippen LogP) is 1.95. The lowest BCUT2D eigenvalue weighted by Crippen LogP contribution is -2.05. The molecule has 5 nitrogen and oxygen atoms in total. The van der Waals surface area contributed by atoms with Crippen LogP contribution in [-0.4, -0.2) is 25.8 Å². The topological polar surface area (TPSA) is 68.0 Å². The molecule has 0 aliphatic heterocycles. The van der Waals surface area contributed by atoms with Gasteiger partial charge in [-0.2, -0.15) is 0 Å². The molecule has 0 fully saturated rings. The fourth-order valence-electron chi connectivity index (χ4n) is 1.54. The minimum Gasteiger partial charge on any atom is -0.475 e. The van der Waals surface area contributed by atoms with Crippen molar-refractivity contribution in [3.63, 3.8) is 0 Å². The molecule has 0 bridgehead atoms. The summed E-state index contributed by atoms with van der Waals surface area (Å²) in [7, 11) is 0. The van der Waals surface area contributed by atoms with E-state index in [1.807, 2.05) is 0 Å². The van der Waals surface area contributed by atoms with Gasteiger partial charge in [0.25, 0.3) is 5.82 Å². The maximum Gasteiger partial charge on any atom is 0.375 e. The SMILES string of the molecule is CCc1nc(C(=O)O)nn1-c1cc(F)c(F)c(F)c1. The van der Waals surface area contributed by atoms with Gasteiger partial charge in [-0.1, -0.05) is 6.92 Å². The summed E-state index contributed by atoms with van der Waals surface area (Å²) in [6.45, 7) is 1.67. The molecule has 0 aliphatic rings. The van der Waals surface area contributed by atoms with Crippen LogP contribution in [0.2, 0.25) is 0 Å². The molecule has 0 radical (unpaired) electrons. The average Bonchev–Trinajstić information content (AvgIpc) is 2.79. The molecule has 1 aromatic carbocycles. The Morgan fingerprint density at radius 3 is 2.37 bits per heavy atom. The standard InChI is InChI=1S/C11H8F3N3O2/c1-2-8-15-10(11(18)19)16-17(8)5-3-6(12)9(14)7(13)4-5/h3-4H,2H2,1H3,(H,18,19). The van der Waals surface area contributed by atoms with Gasteiger partial charge in [0.2, 0.25) is 0 Å². The number of aromatic nitrogens is 3. The molecule has 0 amide bonds. The average molecular weight is 271 g/mol. The normalized spacial score (nSPS) is 10.7. The van der Waals surface area contributed by atoms with Crippen molar-refractivity contribution < 1.29 is 23.1 Å². The quantitative estimate of drug-likeness (QED) is 0.866. The summed E-state index contributed by atoms with van der Waals surface area (Å²) < 4.78 is 40.1. The van der Waals surface area contributed by atoms with E-state index in [4.69, 9.17) is 5.11 Å². The first kappa shape index (κ1) is 13.1. The number of hydrogen-bond acceptors (Lipinski definition) is 3. The highest BCUT2D eigenvalue weighted by molar-refractivity contribution is 5.83. The van der Waals surface area contributed by atoms with Gasteiger partial charge in [-0.05, 0) is 0 Å². The van der Waals surface area contributed by atoms with Crippen LogP contribution < -0.4 is 0 Å². The predicted molar refractivity (Wildman–Crippen MR) is 57.6 cm³/mol. The van der Waals surface area contributed by atoms with E-state index >= 15 is 0 Å². The lowest BCUT2D eigenvalue weighted by atomic mass is 10.3. The fourth-order valence-corrected chi connectivity index (χ4v) is 1.54. The van der Waals surface area contributed by atoms with E-state index in [0.29, 0.717) is 6.42 Å². The smallest absolute Gasteiger partial charge is 0.375 e.